The number of nitrogens with zero attached hydrogens (tertiary/aromatic N) is 3. The standard InChI is InChI=1S/C40H60N8O9/c1-23(2)21-27(34(50)43-26(16-17-32(41)49)37(53)48-20-10-15-31(48)40(56)57)44-35(51)28(22-25-11-6-5-7-12-25)45-36(52)29-13-8-18-46(29)38(54)30-14-9-19-47(30)39(55)33(42)24(3)4/h5-7,11-12,23-24,26-31,33H,8-10,13-22,42H2,1-4H3,(H2,41,49)(H,43,50)(H,44,51)(H,45,52)(H,56,57)/t26-,27-,28-,29-,30-,31-,33-/m0/s1. The Hall–Kier alpha value is -5.06. The van der Waals surface area contributed by atoms with Gasteiger partial charge in [0, 0.05) is 32.5 Å². The van der Waals surface area contributed by atoms with E-state index in [-0.39, 0.29) is 62.3 Å². The Morgan fingerprint density at radius 3 is 1.84 bits per heavy atom. The highest BCUT2D eigenvalue weighted by Crippen LogP contribution is 2.26. The molecular weight excluding hydrogens is 736 g/mol. The van der Waals surface area contributed by atoms with Crippen LogP contribution in [-0.4, -0.2) is 129 Å². The van der Waals surface area contributed by atoms with Gasteiger partial charge in [-0.2, -0.15) is 0 Å². The van der Waals surface area contributed by atoms with E-state index in [1.165, 1.54) is 14.7 Å². The van der Waals surface area contributed by atoms with E-state index in [0.717, 1.165) is 5.56 Å². The molecule has 0 radical (unpaired) electrons. The summed E-state index contributed by atoms with van der Waals surface area (Å²) in [7, 11) is 0. The van der Waals surface area contributed by atoms with Crippen LogP contribution in [0.25, 0.3) is 0 Å². The first kappa shape index (κ1) is 44.7. The van der Waals surface area contributed by atoms with Crippen LogP contribution in [0.1, 0.15) is 91.0 Å². The van der Waals surface area contributed by atoms with Crippen molar-refractivity contribution in [1.82, 2.24) is 30.7 Å². The summed E-state index contributed by atoms with van der Waals surface area (Å²) in [6.07, 6.45) is 2.44. The molecule has 7 amide bonds. The monoisotopic (exact) mass is 796 g/mol. The molecule has 0 aliphatic carbocycles. The molecule has 0 unspecified atom stereocenters. The quantitative estimate of drug-likeness (QED) is 0.116. The van der Waals surface area contributed by atoms with Crippen molar-refractivity contribution in [3.05, 3.63) is 35.9 Å². The molecule has 17 heteroatoms. The van der Waals surface area contributed by atoms with Crippen LogP contribution < -0.4 is 27.4 Å². The van der Waals surface area contributed by atoms with E-state index in [1.807, 2.05) is 33.8 Å². The number of hydrogen-bond donors (Lipinski definition) is 6. The molecular formula is C40H60N8O9. The normalized spacial score (nSPS) is 21.5. The first-order valence-electron chi connectivity index (χ1n) is 20.1. The second kappa shape index (κ2) is 20.4. The summed E-state index contributed by atoms with van der Waals surface area (Å²) in [6.45, 7) is 8.23. The van der Waals surface area contributed by atoms with Crippen LogP contribution in [0.15, 0.2) is 30.3 Å². The van der Waals surface area contributed by atoms with Crippen LogP contribution in [0.2, 0.25) is 0 Å². The van der Waals surface area contributed by atoms with Crippen LogP contribution >= 0.6 is 0 Å². The predicted octanol–water partition coefficient (Wildman–Crippen LogP) is 0.0360. The van der Waals surface area contributed by atoms with Crippen molar-refractivity contribution in [2.45, 2.75) is 134 Å². The second-order valence-corrected chi connectivity index (χ2v) is 16.2. The summed E-state index contributed by atoms with van der Waals surface area (Å²) in [5, 5.41) is 17.9. The van der Waals surface area contributed by atoms with E-state index >= 15 is 0 Å². The molecule has 3 aliphatic rings. The number of likely N-dealkylation sites (tertiary alicyclic amines) is 3. The molecule has 1 aromatic carbocycles. The van der Waals surface area contributed by atoms with Crippen molar-refractivity contribution >= 4 is 47.3 Å². The maximum absolute atomic E-state index is 14.2. The number of carboxylic acid groups (broad SMARTS) is 1. The number of benzene rings is 1. The summed E-state index contributed by atoms with van der Waals surface area (Å²) >= 11 is 0. The van der Waals surface area contributed by atoms with E-state index in [1.54, 1.807) is 24.3 Å². The molecule has 3 saturated heterocycles. The van der Waals surface area contributed by atoms with Gasteiger partial charge in [0.15, 0.2) is 0 Å². The molecule has 0 saturated carbocycles. The Labute approximate surface area is 334 Å². The molecule has 1 aromatic rings. The summed E-state index contributed by atoms with van der Waals surface area (Å²) in [5.41, 5.74) is 12.2. The van der Waals surface area contributed by atoms with Gasteiger partial charge in [-0.15, -0.1) is 0 Å². The number of carbonyl (C=O) groups excluding carboxylic acids is 7. The Morgan fingerprint density at radius 2 is 1.26 bits per heavy atom. The Kier molecular flexibility index (Phi) is 16.0. The van der Waals surface area contributed by atoms with Crippen molar-refractivity contribution in [2.24, 2.45) is 23.3 Å². The van der Waals surface area contributed by atoms with Crippen molar-refractivity contribution in [2.75, 3.05) is 19.6 Å². The third-order valence-electron chi connectivity index (χ3n) is 11.0. The fourth-order valence-electron chi connectivity index (χ4n) is 7.86. The highest BCUT2D eigenvalue weighted by molar-refractivity contribution is 5.97. The van der Waals surface area contributed by atoms with Gasteiger partial charge in [0.1, 0.15) is 36.3 Å². The van der Waals surface area contributed by atoms with Gasteiger partial charge in [0.25, 0.3) is 0 Å². The molecule has 8 N–H and O–H groups in total. The third kappa shape index (κ3) is 11.7. The minimum absolute atomic E-state index is 0.0539. The topological polar surface area (TPSA) is 255 Å². The van der Waals surface area contributed by atoms with Crippen molar-refractivity contribution in [3.8, 4) is 0 Å². The molecule has 0 spiro atoms. The predicted molar refractivity (Wildman–Crippen MR) is 208 cm³/mol. The fraction of sp³-hybridized carbons (Fsp3) is 0.650. The van der Waals surface area contributed by atoms with Gasteiger partial charge in [0.2, 0.25) is 41.4 Å². The van der Waals surface area contributed by atoms with Gasteiger partial charge >= 0.3 is 5.97 Å². The summed E-state index contributed by atoms with van der Waals surface area (Å²) in [4.78, 5) is 111. The summed E-state index contributed by atoms with van der Waals surface area (Å²) in [6, 6.07) is 1.86. The summed E-state index contributed by atoms with van der Waals surface area (Å²) < 4.78 is 0. The molecule has 0 bridgehead atoms. The van der Waals surface area contributed by atoms with Crippen LogP contribution in [0.3, 0.4) is 0 Å². The van der Waals surface area contributed by atoms with Crippen LogP contribution in [0, 0.1) is 11.8 Å². The SMILES string of the molecule is CC(C)C[C@H](NC(=O)[C@H](Cc1ccccc1)NC(=O)[C@@H]1CCCN1C(=O)[C@@H]1CCCN1C(=O)[C@@H](N)C(C)C)C(=O)N[C@@H](CCC(N)=O)C(=O)N1CCC[C@H]1C(=O)O. The first-order valence-corrected chi connectivity index (χ1v) is 20.1. The van der Waals surface area contributed by atoms with E-state index in [4.69, 9.17) is 11.5 Å². The van der Waals surface area contributed by atoms with Crippen LogP contribution in [0.5, 0.6) is 0 Å². The number of hydrogen-bond acceptors (Lipinski definition) is 9. The molecule has 314 valence electrons. The lowest BCUT2D eigenvalue weighted by Gasteiger charge is -2.33. The average molecular weight is 797 g/mol. The van der Waals surface area contributed by atoms with Gasteiger partial charge in [-0.25, -0.2) is 4.79 Å². The Balaban J connectivity index is 1.53. The molecule has 4 rings (SSSR count). The van der Waals surface area contributed by atoms with E-state index in [2.05, 4.69) is 16.0 Å². The minimum Gasteiger partial charge on any atom is -0.480 e. The second-order valence-electron chi connectivity index (χ2n) is 16.2. The molecule has 0 aromatic heterocycles. The lowest BCUT2D eigenvalue weighted by molar-refractivity contribution is -0.149. The van der Waals surface area contributed by atoms with Crippen molar-refractivity contribution in [3.63, 3.8) is 0 Å². The average Bonchev–Trinajstić information content (AvgIpc) is 3.96. The zero-order valence-corrected chi connectivity index (χ0v) is 33.5. The van der Waals surface area contributed by atoms with Crippen molar-refractivity contribution in [1.29, 1.82) is 0 Å². The number of nitrogens with two attached hydrogens (primary N) is 2. The fourth-order valence-corrected chi connectivity index (χ4v) is 7.86. The number of aliphatic carboxylic acids is 1. The Bertz CT molecular complexity index is 1640. The Morgan fingerprint density at radius 1 is 0.719 bits per heavy atom. The zero-order valence-electron chi connectivity index (χ0n) is 33.5. The highest BCUT2D eigenvalue weighted by Gasteiger charge is 2.44. The van der Waals surface area contributed by atoms with Gasteiger partial charge < -0.3 is 47.2 Å². The number of amides is 7. The van der Waals surface area contributed by atoms with Gasteiger partial charge in [-0.05, 0) is 68.8 Å². The molecule has 3 fully saturated rings. The van der Waals surface area contributed by atoms with E-state index in [9.17, 15) is 43.5 Å². The van der Waals surface area contributed by atoms with Gasteiger partial charge in [0.05, 0.1) is 6.04 Å². The van der Waals surface area contributed by atoms with E-state index in [0.29, 0.717) is 45.2 Å². The largest absolute Gasteiger partial charge is 0.480 e. The van der Waals surface area contributed by atoms with Gasteiger partial charge in [-0.3, -0.25) is 33.6 Å². The van der Waals surface area contributed by atoms with Crippen molar-refractivity contribution < 1.29 is 43.5 Å². The number of nitrogens with one attached hydrogen (secondary N) is 3. The summed E-state index contributed by atoms with van der Waals surface area (Å²) in [5.74, 6) is -5.38. The highest BCUT2D eigenvalue weighted by atomic mass is 16.4. The number of carbonyl (C=O) groups is 8. The molecule has 3 aliphatic heterocycles. The maximum atomic E-state index is 14.2. The zero-order chi connectivity index (χ0) is 42.0. The number of carboxylic acids is 1. The minimum atomic E-state index is -1.28. The molecule has 3 heterocycles. The molecule has 7 atom stereocenters. The maximum Gasteiger partial charge on any atom is 0.326 e. The first-order chi connectivity index (χ1) is 27.0. The lowest BCUT2D eigenvalue weighted by atomic mass is 10.00. The van der Waals surface area contributed by atoms with Crippen LogP contribution in [-0.2, 0) is 44.8 Å². The lowest BCUT2D eigenvalue weighted by Crippen LogP contribution is -2.60. The molecule has 57 heavy (non-hydrogen) atoms. The smallest absolute Gasteiger partial charge is 0.326 e. The third-order valence-corrected chi connectivity index (χ3v) is 11.0. The number of primary amides is 1. The van der Waals surface area contributed by atoms with E-state index < -0.39 is 77.8 Å². The molecule has 17 nitrogen and oxygen atoms in total. The number of rotatable bonds is 18. The van der Waals surface area contributed by atoms with Crippen LogP contribution in [0.4, 0.5) is 0 Å². The van der Waals surface area contributed by atoms with Gasteiger partial charge in [-0.1, -0.05) is 58.0 Å².